The number of nitrogens with zero attached hydrogens (tertiary/aromatic N) is 2. The molecular formula is C63H44N2O. The zero-order chi connectivity index (χ0) is 43.9. The average Bonchev–Trinajstić information content (AvgIpc) is 3.92. The van der Waals surface area contributed by atoms with Crippen LogP contribution < -0.4 is 9.80 Å². The Labute approximate surface area is 385 Å². The number of fused-ring (bicyclic) bond motifs is 5. The van der Waals surface area contributed by atoms with Crippen LogP contribution in [0.15, 0.2) is 271 Å². The smallest absolute Gasteiger partial charge is 0.135 e. The van der Waals surface area contributed by atoms with Crippen LogP contribution in [0.1, 0.15) is 22.5 Å². The zero-order valence-corrected chi connectivity index (χ0v) is 36.2. The third kappa shape index (κ3) is 6.60. The molecule has 3 nitrogen and oxygen atoms in total. The maximum atomic E-state index is 7.05. The van der Waals surface area contributed by atoms with E-state index in [1.807, 2.05) is 0 Å². The second-order valence-electron chi connectivity index (χ2n) is 16.9. The van der Waals surface area contributed by atoms with E-state index >= 15 is 0 Å². The molecule has 1 aromatic heterocycles. The minimum absolute atomic E-state index is 0.697. The zero-order valence-electron chi connectivity index (χ0n) is 36.2. The second kappa shape index (κ2) is 16.5. The lowest BCUT2D eigenvalue weighted by Gasteiger charge is -2.33. The van der Waals surface area contributed by atoms with Gasteiger partial charge in [0.15, 0.2) is 0 Å². The monoisotopic (exact) mass is 844 g/mol. The highest BCUT2D eigenvalue weighted by molar-refractivity contribution is 6.03. The Kier molecular flexibility index (Phi) is 9.73. The summed E-state index contributed by atoms with van der Waals surface area (Å²) in [6.07, 6.45) is 0. The molecule has 0 bridgehead atoms. The molecule has 1 heterocycles. The molecule has 1 aliphatic carbocycles. The van der Waals surface area contributed by atoms with Crippen molar-refractivity contribution in [3.8, 4) is 33.4 Å². The summed E-state index contributed by atoms with van der Waals surface area (Å²) >= 11 is 0. The third-order valence-corrected chi connectivity index (χ3v) is 13.1. The van der Waals surface area contributed by atoms with Gasteiger partial charge < -0.3 is 14.2 Å². The van der Waals surface area contributed by atoms with Crippen molar-refractivity contribution in [2.45, 2.75) is 5.41 Å². The lowest BCUT2D eigenvalue weighted by Crippen LogP contribution is -2.28. The molecular weight excluding hydrogens is 801 g/mol. The minimum atomic E-state index is -0.697. The van der Waals surface area contributed by atoms with Gasteiger partial charge >= 0.3 is 0 Å². The van der Waals surface area contributed by atoms with Gasteiger partial charge in [0.25, 0.3) is 0 Å². The van der Waals surface area contributed by atoms with Gasteiger partial charge in [0, 0.05) is 45.1 Å². The first kappa shape index (κ1) is 39.0. The van der Waals surface area contributed by atoms with E-state index in [4.69, 9.17) is 4.42 Å². The molecule has 0 N–H and O–H groups in total. The Hall–Kier alpha value is -8.66. The highest BCUT2D eigenvalue weighted by Gasteiger charge is 2.50. The Bertz CT molecular complexity index is 3340. The summed E-state index contributed by atoms with van der Waals surface area (Å²) < 4.78 is 7.05. The molecule has 0 spiro atoms. The summed E-state index contributed by atoms with van der Waals surface area (Å²) in [7, 11) is 0. The molecule has 10 aromatic carbocycles. The quantitative estimate of drug-likeness (QED) is 0.137. The topological polar surface area (TPSA) is 19.6 Å². The lowest BCUT2D eigenvalue weighted by atomic mass is 9.70. The molecule has 312 valence electrons. The molecule has 0 amide bonds. The largest absolute Gasteiger partial charge is 0.459 e. The van der Waals surface area contributed by atoms with Gasteiger partial charge in [-0.25, -0.2) is 0 Å². The second-order valence-corrected chi connectivity index (χ2v) is 16.9. The summed E-state index contributed by atoms with van der Waals surface area (Å²) in [5, 5.41) is 1.13. The van der Waals surface area contributed by atoms with Crippen molar-refractivity contribution in [3.63, 3.8) is 0 Å². The van der Waals surface area contributed by atoms with Gasteiger partial charge in [-0.1, -0.05) is 188 Å². The molecule has 1 aliphatic rings. The predicted octanol–water partition coefficient (Wildman–Crippen LogP) is 17.1. The van der Waals surface area contributed by atoms with Crippen molar-refractivity contribution in [1.29, 1.82) is 0 Å². The van der Waals surface area contributed by atoms with Crippen LogP contribution in [0.5, 0.6) is 0 Å². The SMILES string of the molecule is c1ccc(-c2ccc(N(c3ccc(-c4ccc(N(c5ccccc5)c5ccccc5)cc4)cc3)c3ccc4c(c3)C(c3ccccc3)(c3ccccc3)c3oc5ccccc5c3-4)cc2)cc1. The molecule has 0 fully saturated rings. The van der Waals surface area contributed by atoms with Crippen molar-refractivity contribution >= 4 is 45.1 Å². The predicted molar refractivity (Wildman–Crippen MR) is 274 cm³/mol. The highest BCUT2D eigenvalue weighted by atomic mass is 16.3. The minimum Gasteiger partial charge on any atom is -0.459 e. The Morgan fingerprint density at radius 1 is 0.303 bits per heavy atom. The van der Waals surface area contributed by atoms with E-state index in [9.17, 15) is 0 Å². The van der Waals surface area contributed by atoms with Gasteiger partial charge in [0.05, 0.1) is 0 Å². The van der Waals surface area contributed by atoms with Gasteiger partial charge in [0.1, 0.15) is 16.8 Å². The van der Waals surface area contributed by atoms with E-state index in [1.165, 1.54) is 22.3 Å². The summed E-state index contributed by atoms with van der Waals surface area (Å²) in [5.74, 6) is 0.957. The first-order chi connectivity index (χ1) is 32.7. The van der Waals surface area contributed by atoms with E-state index < -0.39 is 5.41 Å². The van der Waals surface area contributed by atoms with E-state index in [1.54, 1.807) is 0 Å². The molecule has 0 saturated heterocycles. The van der Waals surface area contributed by atoms with Crippen molar-refractivity contribution < 1.29 is 4.42 Å². The van der Waals surface area contributed by atoms with Gasteiger partial charge in [-0.2, -0.15) is 0 Å². The molecule has 11 aromatic rings. The number of hydrogen-bond donors (Lipinski definition) is 0. The first-order valence-electron chi connectivity index (χ1n) is 22.6. The molecule has 12 rings (SSSR count). The number of hydrogen-bond acceptors (Lipinski definition) is 3. The third-order valence-electron chi connectivity index (χ3n) is 13.1. The summed E-state index contributed by atoms with van der Waals surface area (Å²) in [5.41, 5.74) is 17.3. The Morgan fingerprint density at radius 2 is 0.667 bits per heavy atom. The Morgan fingerprint density at radius 3 is 1.15 bits per heavy atom. The number of rotatable bonds is 10. The molecule has 0 saturated carbocycles. The van der Waals surface area contributed by atoms with Crippen LogP contribution in [-0.2, 0) is 5.41 Å². The van der Waals surface area contributed by atoms with Crippen LogP contribution in [-0.4, -0.2) is 0 Å². The molecule has 0 unspecified atom stereocenters. The summed E-state index contributed by atoms with van der Waals surface area (Å²) in [4.78, 5) is 4.68. The average molecular weight is 845 g/mol. The fraction of sp³-hybridized carbons (Fsp3) is 0.0159. The van der Waals surface area contributed by atoms with Crippen LogP contribution in [0.25, 0.3) is 44.3 Å². The van der Waals surface area contributed by atoms with Crippen LogP contribution in [0.2, 0.25) is 0 Å². The molecule has 66 heavy (non-hydrogen) atoms. The van der Waals surface area contributed by atoms with Gasteiger partial charge in [-0.3, -0.25) is 0 Å². The number of benzene rings is 10. The van der Waals surface area contributed by atoms with E-state index in [2.05, 4.69) is 277 Å². The number of furan rings is 1. The lowest BCUT2D eigenvalue weighted by molar-refractivity contribution is 0.502. The van der Waals surface area contributed by atoms with Gasteiger partial charge in [0.2, 0.25) is 0 Å². The van der Waals surface area contributed by atoms with E-state index in [0.29, 0.717) is 0 Å². The van der Waals surface area contributed by atoms with E-state index in [0.717, 1.165) is 78.7 Å². The van der Waals surface area contributed by atoms with Gasteiger partial charge in [-0.15, -0.1) is 0 Å². The standard InChI is InChI=1S/C63H44N2O/c1-6-18-45(19-7-1)46-30-38-54(39-31-46)65(55-40-34-48(35-41-55)47-32-36-53(37-33-47)64(51-24-12-4-13-25-51)52-26-14-5-15-27-52)56-42-43-57-59(44-56)63(49-20-8-2-9-21-49,50-22-10-3-11-23-50)62-61(57)58-28-16-17-29-60(58)66-62/h1-44H. The van der Waals surface area contributed by atoms with Crippen molar-refractivity contribution in [3.05, 3.63) is 289 Å². The molecule has 0 radical (unpaired) electrons. The number of anilines is 6. The van der Waals surface area contributed by atoms with Crippen molar-refractivity contribution in [1.82, 2.24) is 0 Å². The van der Waals surface area contributed by atoms with Crippen molar-refractivity contribution in [2.24, 2.45) is 0 Å². The fourth-order valence-corrected chi connectivity index (χ4v) is 10.1. The summed E-state index contributed by atoms with van der Waals surface area (Å²) in [6, 6.07) is 95.7. The maximum absolute atomic E-state index is 7.05. The first-order valence-corrected chi connectivity index (χ1v) is 22.6. The normalized spacial score (nSPS) is 12.4. The fourth-order valence-electron chi connectivity index (χ4n) is 10.1. The van der Waals surface area contributed by atoms with Crippen molar-refractivity contribution in [2.75, 3.05) is 9.80 Å². The highest BCUT2D eigenvalue weighted by Crippen LogP contribution is 2.60. The number of para-hydroxylation sites is 3. The van der Waals surface area contributed by atoms with Crippen LogP contribution in [0.4, 0.5) is 34.1 Å². The summed E-state index contributed by atoms with van der Waals surface area (Å²) in [6.45, 7) is 0. The molecule has 3 heteroatoms. The maximum Gasteiger partial charge on any atom is 0.135 e. The molecule has 0 atom stereocenters. The van der Waals surface area contributed by atoms with Crippen LogP contribution >= 0.6 is 0 Å². The van der Waals surface area contributed by atoms with Crippen LogP contribution in [0, 0.1) is 0 Å². The van der Waals surface area contributed by atoms with E-state index in [-0.39, 0.29) is 0 Å². The Balaban J connectivity index is 0.990. The van der Waals surface area contributed by atoms with Gasteiger partial charge in [-0.05, 0) is 123 Å². The van der Waals surface area contributed by atoms with Crippen LogP contribution in [0.3, 0.4) is 0 Å². The molecule has 0 aliphatic heterocycles.